The maximum absolute atomic E-state index is 6.48. The maximum Gasteiger partial charge on any atom is 0.157 e. The number of nitrogens with zero attached hydrogens (tertiary/aromatic N) is 5. The van der Waals surface area contributed by atoms with Crippen LogP contribution >= 0.6 is 0 Å². The molecule has 0 aliphatic carbocycles. The zero-order chi connectivity index (χ0) is 21.4. The quantitative estimate of drug-likeness (QED) is 0.473. The first-order valence-electron chi connectivity index (χ1n) is 10.9. The summed E-state index contributed by atoms with van der Waals surface area (Å²) in [6.45, 7) is 7.47. The number of aromatic nitrogens is 4. The fourth-order valence-electron chi connectivity index (χ4n) is 4.49. The average molecular weight is 420 g/mol. The van der Waals surface area contributed by atoms with Crippen LogP contribution < -0.4 is 9.64 Å². The van der Waals surface area contributed by atoms with Crippen molar-refractivity contribution in [2.45, 2.75) is 39.3 Å². The highest BCUT2D eigenvalue weighted by Crippen LogP contribution is 2.30. The van der Waals surface area contributed by atoms with Crippen molar-refractivity contribution >= 4 is 22.4 Å². The van der Waals surface area contributed by atoms with Gasteiger partial charge in [0.15, 0.2) is 5.65 Å². The van der Waals surface area contributed by atoms with Crippen molar-refractivity contribution in [1.82, 2.24) is 19.2 Å². The first-order valence-corrected chi connectivity index (χ1v) is 10.9. The molecular formula is C24H29N5O2. The summed E-state index contributed by atoms with van der Waals surface area (Å²) in [6, 6.07) is 12.6. The van der Waals surface area contributed by atoms with E-state index in [1.165, 1.54) is 10.9 Å². The predicted octanol–water partition coefficient (Wildman–Crippen LogP) is 4.00. The van der Waals surface area contributed by atoms with Crippen molar-refractivity contribution in [2.24, 2.45) is 0 Å². The number of fused-ring (bicyclic) bond motifs is 2. The Hall–Kier alpha value is -3.06. The minimum absolute atomic E-state index is 0.210. The topological polar surface area (TPSA) is 56.8 Å². The van der Waals surface area contributed by atoms with Crippen LogP contribution in [0.1, 0.15) is 24.2 Å². The number of ether oxygens (including phenoxy) is 2. The summed E-state index contributed by atoms with van der Waals surface area (Å²) < 4.78 is 15.9. The summed E-state index contributed by atoms with van der Waals surface area (Å²) in [5.74, 6) is 2.09. The Labute approximate surface area is 182 Å². The number of benzene rings is 1. The van der Waals surface area contributed by atoms with Gasteiger partial charge in [0.1, 0.15) is 17.7 Å². The van der Waals surface area contributed by atoms with Crippen LogP contribution in [0.25, 0.3) is 16.6 Å². The predicted molar refractivity (Wildman–Crippen MR) is 122 cm³/mol. The molecule has 4 aromatic rings. The van der Waals surface area contributed by atoms with Crippen LogP contribution in [-0.2, 0) is 11.3 Å². The Kier molecular flexibility index (Phi) is 5.28. The van der Waals surface area contributed by atoms with Crippen LogP contribution in [0.2, 0.25) is 0 Å². The van der Waals surface area contributed by atoms with Gasteiger partial charge in [0.05, 0.1) is 17.8 Å². The number of rotatable bonds is 6. The van der Waals surface area contributed by atoms with E-state index < -0.39 is 0 Å². The van der Waals surface area contributed by atoms with E-state index in [4.69, 9.17) is 9.47 Å². The van der Waals surface area contributed by atoms with Crippen molar-refractivity contribution < 1.29 is 9.47 Å². The molecule has 162 valence electrons. The molecule has 0 saturated carbocycles. The van der Waals surface area contributed by atoms with Gasteiger partial charge in [0, 0.05) is 69.0 Å². The summed E-state index contributed by atoms with van der Waals surface area (Å²) in [4.78, 5) is 7.01. The Balaban J connectivity index is 1.30. The van der Waals surface area contributed by atoms with Gasteiger partial charge in [-0.2, -0.15) is 9.61 Å². The molecule has 1 aliphatic rings. The summed E-state index contributed by atoms with van der Waals surface area (Å²) in [5.41, 5.74) is 4.11. The molecule has 7 heteroatoms. The number of aryl methyl sites for hydroxylation is 2. The van der Waals surface area contributed by atoms with Gasteiger partial charge >= 0.3 is 0 Å². The lowest BCUT2D eigenvalue weighted by atomic mass is 10.1. The van der Waals surface area contributed by atoms with Crippen LogP contribution in [0.3, 0.4) is 0 Å². The lowest BCUT2D eigenvalue weighted by Crippen LogP contribution is -2.39. The summed E-state index contributed by atoms with van der Waals surface area (Å²) in [7, 11) is 1.73. The van der Waals surface area contributed by atoms with E-state index in [-0.39, 0.29) is 6.10 Å². The van der Waals surface area contributed by atoms with E-state index in [2.05, 4.69) is 56.1 Å². The van der Waals surface area contributed by atoms with Crippen LogP contribution in [0, 0.1) is 13.8 Å². The second kappa shape index (κ2) is 8.23. The fraction of sp³-hybridized carbons (Fsp3) is 0.417. The minimum Gasteiger partial charge on any atom is -0.490 e. The molecule has 0 radical (unpaired) electrons. The molecule has 1 fully saturated rings. The van der Waals surface area contributed by atoms with E-state index >= 15 is 0 Å². The fourth-order valence-corrected chi connectivity index (χ4v) is 4.49. The highest BCUT2D eigenvalue weighted by atomic mass is 16.5. The lowest BCUT2D eigenvalue weighted by Gasteiger charge is -2.33. The monoisotopic (exact) mass is 419 g/mol. The minimum atomic E-state index is 0.210. The summed E-state index contributed by atoms with van der Waals surface area (Å²) in [6.07, 6.45) is 4.28. The van der Waals surface area contributed by atoms with Crippen molar-refractivity contribution in [3.8, 4) is 5.75 Å². The zero-order valence-corrected chi connectivity index (χ0v) is 18.4. The SMILES string of the molecule is COCCn1ccc2c(OC3CCN(c4cc(C)nc5cc(C)nn45)CC3)cccc21. The van der Waals surface area contributed by atoms with E-state index in [1.54, 1.807) is 7.11 Å². The van der Waals surface area contributed by atoms with Gasteiger partial charge in [-0.15, -0.1) is 0 Å². The zero-order valence-electron chi connectivity index (χ0n) is 18.4. The smallest absolute Gasteiger partial charge is 0.157 e. The largest absolute Gasteiger partial charge is 0.490 e. The molecule has 4 heterocycles. The molecule has 0 bridgehead atoms. The molecule has 1 aromatic carbocycles. The first kappa shape index (κ1) is 19.9. The number of methoxy groups -OCH3 is 1. The standard InChI is InChI=1S/C24H29N5O2/c1-17-16-24(29-23(25-17)15-18(2)26-29)28-10-7-19(8-11-28)31-22-6-4-5-21-20(22)9-12-27(21)13-14-30-3/h4-6,9,12,15-16,19H,7-8,10-11,13-14H2,1-3H3. The van der Waals surface area contributed by atoms with Crippen LogP contribution in [0.15, 0.2) is 42.6 Å². The normalized spacial score (nSPS) is 15.3. The Morgan fingerprint density at radius 2 is 1.90 bits per heavy atom. The molecule has 0 unspecified atom stereocenters. The lowest BCUT2D eigenvalue weighted by molar-refractivity contribution is 0.173. The van der Waals surface area contributed by atoms with Crippen molar-refractivity contribution in [1.29, 1.82) is 0 Å². The molecule has 5 rings (SSSR count). The third-order valence-corrected chi connectivity index (χ3v) is 6.03. The average Bonchev–Trinajstić information content (AvgIpc) is 3.35. The van der Waals surface area contributed by atoms with E-state index in [9.17, 15) is 0 Å². The molecule has 0 spiro atoms. The molecular weight excluding hydrogens is 390 g/mol. The third kappa shape index (κ3) is 3.85. The van der Waals surface area contributed by atoms with Gasteiger partial charge in [-0.25, -0.2) is 4.98 Å². The van der Waals surface area contributed by atoms with E-state index in [0.717, 1.165) is 61.1 Å². The molecule has 1 aliphatic heterocycles. The summed E-state index contributed by atoms with van der Waals surface area (Å²) >= 11 is 0. The third-order valence-electron chi connectivity index (χ3n) is 6.03. The molecule has 7 nitrogen and oxygen atoms in total. The number of hydrogen-bond donors (Lipinski definition) is 0. The van der Waals surface area contributed by atoms with Crippen molar-refractivity contribution in [3.05, 3.63) is 54.0 Å². The summed E-state index contributed by atoms with van der Waals surface area (Å²) in [5, 5.41) is 5.81. The van der Waals surface area contributed by atoms with Crippen LogP contribution in [0.4, 0.5) is 5.82 Å². The van der Waals surface area contributed by atoms with Gasteiger partial charge < -0.3 is 18.9 Å². The molecule has 0 atom stereocenters. The highest BCUT2D eigenvalue weighted by molar-refractivity contribution is 5.86. The molecule has 0 N–H and O–H groups in total. The van der Waals surface area contributed by atoms with E-state index in [1.807, 2.05) is 24.4 Å². The van der Waals surface area contributed by atoms with Gasteiger partial charge in [0.25, 0.3) is 0 Å². The van der Waals surface area contributed by atoms with Gasteiger partial charge in [-0.05, 0) is 32.0 Å². The molecule has 31 heavy (non-hydrogen) atoms. The molecule has 1 saturated heterocycles. The van der Waals surface area contributed by atoms with Gasteiger partial charge in [0.2, 0.25) is 0 Å². The highest BCUT2D eigenvalue weighted by Gasteiger charge is 2.24. The van der Waals surface area contributed by atoms with Crippen LogP contribution in [0.5, 0.6) is 5.75 Å². The second-order valence-corrected chi connectivity index (χ2v) is 8.31. The van der Waals surface area contributed by atoms with E-state index in [0.29, 0.717) is 6.61 Å². The second-order valence-electron chi connectivity index (χ2n) is 8.31. The number of piperidine rings is 1. The Bertz CT molecular complexity index is 1200. The van der Waals surface area contributed by atoms with Gasteiger partial charge in [-0.1, -0.05) is 6.07 Å². The number of hydrogen-bond acceptors (Lipinski definition) is 5. The number of anilines is 1. The Morgan fingerprint density at radius 3 is 2.71 bits per heavy atom. The maximum atomic E-state index is 6.48. The van der Waals surface area contributed by atoms with Crippen LogP contribution in [-0.4, -0.2) is 52.1 Å². The van der Waals surface area contributed by atoms with Gasteiger partial charge in [-0.3, -0.25) is 0 Å². The molecule has 0 amide bonds. The molecule has 3 aromatic heterocycles. The Morgan fingerprint density at radius 1 is 1.06 bits per heavy atom. The van der Waals surface area contributed by atoms with Crippen molar-refractivity contribution in [3.63, 3.8) is 0 Å². The first-order chi connectivity index (χ1) is 15.1. The van der Waals surface area contributed by atoms with Crippen molar-refractivity contribution in [2.75, 3.05) is 31.7 Å².